The zero-order chi connectivity index (χ0) is 13.5. The van der Waals surface area contributed by atoms with Gasteiger partial charge in [-0.05, 0) is 19.3 Å². The predicted octanol–water partition coefficient (Wildman–Crippen LogP) is 2.30. The summed E-state index contributed by atoms with van der Waals surface area (Å²) in [6.07, 6.45) is 8.00. The summed E-state index contributed by atoms with van der Waals surface area (Å²) in [7, 11) is 1.77. The number of rotatable bonds is 6. The van der Waals surface area contributed by atoms with Crippen molar-refractivity contribution in [2.24, 2.45) is 11.8 Å². The van der Waals surface area contributed by atoms with Crippen LogP contribution in [0.4, 0.5) is 0 Å². The van der Waals surface area contributed by atoms with E-state index in [0.717, 1.165) is 25.8 Å². The van der Waals surface area contributed by atoms with Gasteiger partial charge < -0.3 is 10.0 Å². The van der Waals surface area contributed by atoms with E-state index in [1.165, 1.54) is 0 Å². The van der Waals surface area contributed by atoms with Gasteiger partial charge in [-0.2, -0.15) is 0 Å². The molecule has 0 bridgehead atoms. The van der Waals surface area contributed by atoms with Gasteiger partial charge in [-0.15, -0.1) is 0 Å². The summed E-state index contributed by atoms with van der Waals surface area (Å²) >= 11 is 0. The van der Waals surface area contributed by atoms with Gasteiger partial charge in [-0.25, -0.2) is 0 Å². The molecular formula is C14H23NO3. The summed E-state index contributed by atoms with van der Waals surface area (Å²) in [5.41, 5.74) is 0. The Morgan fingerprint density at radius 1 is 1.22 bits per heavy atom. The molecule has 0 spiro atoms. The fourth-order valence-corrected chi connectivity index (χ4v) is 2.35. The molecule has 0 aliphatic heterocycles. The van der Waals surface area contributed by atoms with Crippen molar-refractivity contribution in [3.05, 3.63) is 12.2 Å². The van der Waals surface area contributed by atoms with Crippen molar-refractivity contribution in [3.8, 4) is 0 Å². The molecule has 4 heteroatoms. The molecule has 0 heterocycles. The first-order valence-electron chi connectivity index (χ1n) is 6.70. The summed E-state index contributed by atoms with van der Waals surface area (Å²) in [6.45, 7) is 2.84. The molecule has 2 unspecified atom stereocenters. The van der Waals surface area contributed by atoms with Crippen LogP contribution >= 0.6 is 0 Å². The number of unbranched alkanes of at least 4 members (excludes halogenated alkanes) is 2. The van der Waals surface area contributed by atoms with Gasteiger partial charge in [-0.3, -0.25) is 9.59 Å². The van der Waals surface area contributed by atoms with Gasteiger partial charge in [0.15, 0.2) is 0 Å². The van der Waals surface area contributed by atoms with Crippen LogP contribution in [0, 0.1) is 11.8 Å². The lowest BCUT2D eigenvalue weighted by atomic mass is 9.82. The number of carbonyl (C=O) groups is 2. The molecule has 1 aliphatic rings. The van der Waals surface area contributed by atoms with Crippen molar-refractivity contribution >= 4 is 11.9 Å². The third kappa shape index (κ3) is 3.86. The highest BCUT2D eigenvalue weighted by Crippen LogP contribution is 2.27. The van der Waals surface area contributed by atoms with E-state index in [1.54, 1.807) is 11.9 Å². The standard InChI is InChI=1S/C14H23NO3/c1-3-4-7-10-15(2)13(16)11-8-5-6-9-12(11)14(17)18/h5-6,11-12H,3-4,7-10H2,1-2H3,(H,17,18). The van der Waals surface area contributed by atoms with Crippen LogP contribution in [0.15, 0.2) is 12.2 Å². The lowest BCUT2D eigenvalue weighted by Crippen LogP contribution is -2.40. The average Bonchev–Trinajstić information content (AvgIpc) is 2.38. The fourth-order valence-electron chi connectivity index (χ4n) is 2.35. The largest absolute Gasteiger partial charge is 0.481 e. The van der Waals surface area contributed by atoms with Crippen LogP contribution in [0.25, 0.3) is 0 Å². The van der Waals surface area contributed by atoms with E-state index in [-0.39, 0.29) is 11.8 Å². The Morgan fingerprint density at radius 3 is 2.39 bits per heavy atom. The minimum absolute atomic E-state index is 0.0251. The summed E-state index contributed by atoms with van der Waals surface area (Å²) < 4.78 is 0. The first-order valence-corrected chi connectivity index (χ1v) is 6.70. The van der Waals surface area contributed by atoms with Gasteiger partial charge in [0.1, 0.15) is 0 Å². The van der Waals surface area contributed by atoms with Crippen LogP contribution < -0.4 is 0 Å². The topological polar surface area (TPSA) is 57.6 Å². The number of carboxylic acid groups (broad SMARTS) is 1. The van der Waals surface area contributed by atoms with Crippen molar-refractivity contribution < 1.29 is 14.7 Å². The zero-order valence-electron chi connectivity index (χ0n) is 11.3. The third-order valence-electron chi connectivity index (χ3n) is 3.54. The normalized spacial score (nSPS) is 22.8. The van der Waals surface area contributed by atoms with Crippen LogP contribution in [0.2, 0.25) is 0 Å². The molecule has 102 valence electrons. The first-order chi connectivity index (χ1) is 8.57. The summed E-state index contributed by atoms with van der Waals surface area (Å²) in [5, 5.41) is 9.15. The second-order valence-corrected chi connectivity index (χ2v) is 4.96. The van der Waals surface area contributed by atoms with Crippen LogP contribution in [0.3, 0.4) is 0 Å². The van der Waals surface area contributed by atoms with Gasteiger partial charge in [0, 0.05) is 13.6 Å². The number of carbonyl (C=O) groups excluding carboxylic acids is 1. The molecule has 1 N–H and O–H groups in total. The number of amides is 1. The summed E-state index contributed by atoms with van der Waals surface area (Å²) in [5.74, 6) is -1.84. The molecule has 1 aliphatic carbocycles. The van der Waals surface area contributed by atoms with Gasteiger partial charge in [-0.1, -0.05) is 31.9 Å². The van der Waals surface area contributed by atoms with E-state index in [4.69, 9.17) is 5.11 Å². The minimum atomic E-state index is -0.861. The maximum absolute atomic E-state index is 12.2. The molecule has 0 radical (unpaired) electrons. The Balaban J connectivity index is 2.57. The quantitative estimate of drug-likeness (QED) is 0.583. The molecule has 0 saturated heterocycles. The highest BCUT2D eigenvalue weighted by molar-refractivity contribution is 5.85. The first kappa shape index (κ1) is 14.7. The van der Waals surface area contributed by atoms with E-state index in [1.807, 2.05) is 12.2 Å². The number of hydrogen-bond donors (Lipinski definition) is 1. The molecule has 4 nitrogen and oxygen atoms in total. The number of aliphatic carboxylic acids is 1. The van der Waals surface area contributed by atoms with Crippen molar-refractivity contribution in [2.75, 3.05) is 13.6 Å². The molecule has 0 aromatic rings. The lowest BCUT2D eigenvalue weighted by Gasteiger charge is -2.28. The maximum Gasteiger partial charge on any atom is 0.307 e. The van der Waals surface area contributed by atoms with Crippen LogP contribution in [-0.4, -0.2) is 35.5 Å². The van der Waals surface area contributed by atoms with Crippen molar-refractivity contribution in [2.45, 2.75) is 39.0 Å². The molecule has 1 rings (SSSR count). The molecule has 0 fully saturated rings. The minimum Gasteiger partial charge on any atom is -0.481 e. The predicted molar refractivity (Wildman–Crippen MR) is 70.2 cm³/mol. The Kier molecular flexibility index (Phi) is 5.89. The highest BCUT2D eigenvalue weighted by atomic mass is 16.4. The van der Waals surface area contributed by atoms with Crippen molar-refractivity contribution in [1.82, 2.24) is 4.90 Å². The van der Waals surface area contributed by atoms with E-state index in [2.05, 4.69) is 6.92 Å². The molecule has 0 saturated carbocycles. The fraction of sp³-hybridized carbons (Fsp3) is 0.714. The van der Waals surface area contributed by atoms with Crippen molar-refractivity contribution in [1.29, 1.82) is 0 Å². The van der Waals surface area contributed by atoms with Crippen LogP contribution in [0.1, 0.15) is 39.0 Å². The molecule has 0 aromatic carbocycles. The number of hydrogen-bond acceptors (Lipinski definition) is 2. The number of allylic oxidation sites excluding steroid dienone is 2. The smallest absolute Gasteiger partial charge is 0.307 e. The molecule has 2 atom stereocenters. The monoisotopic (exact) mass is 253 g/mol. The summed E-state index contributed by atoms with van der Waals surface area (Å²) in [6, 6.07) is 0. The Labute approximate surface area is 109 Å². The van der Waals surface area contributed by atoms with Gasteiger partial charge in [0.05, 0.1) is 11.8 Å². The SMILES string of the molecule is CCCCCN(C)C(=O)C1CC=CCC1C(=O)O. The number of nitrogens with zero attached hydrogens (tertiary/aromatic N) is 1. The lowest BCUT2D eigenvalue weighted by molar-refractivity contribution is -0.150. The molecule has 18 heavy (non-hydrogen) atoms. The van der Waals surface area contributed by atoms with Crippen LogP contribution in [0.5, 0.6) is 0 Å². The Bertz CT molecular complexity index is 325. The second-order valence-electron chi connectivity index (χ2n) is 4.96. The molecule has 0 aromatic heterocycles. The Hall–Kier alpha value is -1.32. The van der Waals surface area contributed by atoms with Gasteiger partial charge in [0.2, 0.25) is 5.91 Å². The third-order valence-corrected chi connectivity index (χ3v) is 3.54. The van der Waals surface area contributed by atoms with Crippen molar-refractivity contribution in [3.63, 3.8) is 0 Å². The average molecular weight is 253 g/mol. The zero-order valence-corrected chi connectivity index (χ0v) is 11.3. The van der Waals surface area contributed by atoms with E-state index < -0.39 is 11.9 Å². The number of carboxylic acids is 1. The van der Waals surface area contributed by atoms with Crippen LogP contribution in [-0.2, 0) is 9.59 Å². The molecule has 1 amide bonds. The van der Waals surface area contributed by atoms with Gasteiger partial charge in [0.25, 0.3) is 0 Å². The van der Waals surface area contributed by atoms with Gasteiger partial charge >= 0.3 is 5.97 Å². The summed E-state index contributed by atoms with van der Waals surface area (Å²) in [4.78, 5) is 25.1. The highest BCUT2D eigenvalue weighted by Gasteiger charge is 2.35. The second kappa shape index (κ2) is 7.19. The van der Waals surface area contributed by atoms with E-state index in [9.17, 15) is 9.59 Å². The van der Waals surface area contributed by atoms with E-state index in [0.29, 0.717) is 12.8 Å². The Morgan fingerprint density at radius 2 is 1.83 bits per heavy atom. The molecular weight excluding hydrogens is 230 g/mol. The van der Waals surface area contributed by atoms with E-state index >= 15 is 0 Å². The maximum atomic E-state index is 12.2.